The lowest BCUT2D eigenvalue weighted by atomic mass is 10.2. The third-order valence-corrected chi connectivity index (χ3v) is 2.35. The molecule has 4 nitrogen and oxygen atoms in total. The first-order valence-corrected chi connectivity index (χ1v) is 5.40. The first-order chi connectivity index (χ1) is 8.16. The smallest absolute Gasteiger partial charge is 0.225 e. The molecule has 17 heavy (non-hydrogen) atoms. The normalized spacial score (nSPS) is 12.2. The Morgan fingerprint density at radius 1 is 1.24 bits per heavy atom. The van der Waals surface area contributed by atoms with Crippen molar-refractivity contribution < 1.29 is 9.84 Å². The van der Waals surface area contributed by atoms with Crippen molar-refractivity contribution in [3.63, 3.8) is 0 Å². The van der Waals surface area contributed by atoms with Gasteiger partial charge in [0.05, 0.1) is 12.3 Å². The second kappa shape index (κ2) is 4.93. The monoisotopic (exact) mass is 230 g/mol. The molecule has 2 heterocycles. The molecular formula is C13H14N2O2. The van der Waals surface area contributed by atoms with E-state index >= 15 is 0 Å². The van der Waals surface area contributed by atoms with Crippen LogP contribution in [0.25, 0.3) is 0 Å². The van der Waals surface area contributed by atoms with Gasteiger partial charge in [-0.3, -0.25) is 4.98 Å². The van der Waals surface area contributed by atoms with E-state index in [9.17, 15) is 5.11 Å². The van der Waals surface area contributed by atoms with Gasteiger partial charge < -0.3 is 9.84 Å². The van der Waals surface area contributed by atoms with Crippen LogP contribution in [-0.2, 0) is 0 Å². The molecule has 0 bridgehead atoms. The molecular weight excluding hydrogens is 216 g/mol. The fraction of sp³-hybridized carbons (Fsp3) is 0.231. The zero-order chi connectivity index (χ0) is 12.3. The van der Waals surface area contributed by atoms with Crippen molar-refractivity contribution in [3.8, 4) is 11.6 Å². The molecule has 0 radical (unpaired) electrons. The largest absolute Gasteiger partial charge is 0.437 e. The van der Waals surface area contributed by atoms with E-state index < -0.39 is 6.10 Å². The lowest BCUT2D eigenvalue weighted by Gasteiger charge is -2.11. The van der Waals surface area contributed by atoms with Gasteiger partial charge in [0.2, 0.25) is 5.88 Å². The van der Waals surface area contributed by atoms with E-state index in [2.05, 4.69) is 9.97 Å². The van der Waals surface area contributed by atoms with Crippen molar-refractivity contribution >= 4 is 0 Å². The average molecular weight is 230 g/mol. The molecule has 0 amide bonds. The third-order valence-electron chi connectivity index (χ3n) is 2.35. The fourth-order valence-corrected chi connectivity index (χ4v) is 1.43. The van der Waals surface area contributed by atoms with Crippen LogP contribution in [-0.4, -0.2) is 15.1 Å². The zero-order valence-electron chi connectivity index (χ0n) is 9.79. The molecule has 0 saturated carbocycles. The maximum atomic E-state index is 9.59. The molecule has 2 aromatic rings. The van der Waals surface area contributed by atoms with Crippen LogP contribution in [0, 0.1) is 6.92 Å². The standard InChI is InChI=1S/C13H14N2O2/c1-9-5-6-11(8-15-9)17-13-12(10(2)16)4-3-7-14-13/h3-8,10,16H,1-2H3. The van der Waals surface area contributed by atoms with Gasteiger partial charge in [0.25, 0.3) is 0 Å². The molecule has 0 aliphatic heterocycles. The molecule has 1 unspecified atom stereocenters. The highest BCUT2D eigenvalue weighted by Gasteiger charge is 2.10. The first-order valence-electron chi connectivity index (χ1n) is 5.40. The Morgan fingerprint density at radius 2 is 2.06 bits per heavy atom. The van der Waals surface area contributed by atoms with Gasteiger partial charge in [0, 0.05) is 17.5 Å². The van der Waals surface area contributed by atoms with E-state index in [4.69, 9.17) is 4.74 Å². The van der Waals surface area contributed by atoms with Crippen LogP contribution >= 0.6 is 0 Å². The number of aryl methyl sites for hydroxylation is 1. The predicted molar refractivity (Wildman–Crippen MR) is 63.9 cm³/mol. The van der Waals surface area contributed by atoms with Gasteiger partial charge in [0.1, 0.15) is 5.75 Å². The van der Waals surface area contributed by atoms with Crippen LogP contribution < -0.4 is 4.74 Å². The molecule has 0 aliphatic carbocycles. The van der Waals surface area contributed by atoms with Gasteiger partial charge in [-0.2, -0.15) is 0 Å². The molecule has 2 aromatic heterocycles. The molecule has 0 saturated heterocycles. The number of aromatic nitrogens is 2. The molecule has 1 N–H and O–H groups in total. The van der Waals surface area contributed by atoms with Crippen molar-refractivity contribution in [3.05, 3.63) is 47.9 Å². The summed E-state index contributed by atoms with van der Waals surface area (Å²) < 4.78 is 5.59. The molecule has 88 valence electrons. The van der Waals surface area contributed by atoms with Crippen molar-refractivity contribution in [2.75, 3.05) is 0 Å². The summed E-state index contributed by atoms with van der Waals surface area (Å²) in [6.07, 6.45) is 2.65. The Kier molecular flexibility index (Phi) is 3.35. The fourth-order valence-electron chi connectivity index (χ4n) is 1.43. The predicted octanol–water partition coefficient (Wildman–Crippen LogP) is 2.63. The number of hydrogen-bond acceptors (Lipinski definition) is 4. The zero-order valence-corrected chi connectivity index (χ0v) is 9.79. The average Bonchev–Trinajstić information content (AvgIpc) is 2.32. The van der Waals surface area contributed by atoms with Crippen molar-refractivity contribution in [1.29, 1.82) is 0 Å². The molecule has 0 fully saturated rings. The minimum Gasteiger partial charge on any atom is -0.437 e. The van der Waals surface area contributed by atoms with Crippen LogP contribution in [0.4, 0.5) is 0 Å². The number of ether oxygens (including phenoxy) is 1. The minimum atomic E-state index is -0.614. The lowest BCUT2D eigenvalue weighted by molar-refractivity contribution is 0.194. The highest BCUT2D eigenvalue weighted by Crippen LogP contribution is 2.26. The second-order valence-electron chi connectivity index (χ2n) is 3.81. The number of pyridine rings is 2. The maximum Gasteiger partial charge on any atom is 0.225 e. The van der Waals surface area contributed by atoms with Crippen molar-refractivity contribution in [1.82, 2.24) is 9.97 Å². The van der Waals surface area contributed by atoms with Crippen LogP contribution in [0.3, 0.4) is 0 Å². The Bertz CT molecular complexity index is 495. The topological polar surface area (TPSA) is 55.2 Å². The van der Waals surface area contributed by atoms with Crippen LogP contribution in [0.5, 0.6) is 11.6 Å². The molecule has 2 rings (SSSR count). The maximum absolute atomic E-state index is 9.59. The van der Waals surface area contributed by atoms with Crippen molar-refractivity contribution in [2.24, 2.45) is 0 Å². The molecule has 4 heteroatoms. The Morgan fingerprint density at radius 3 is 2.71 bits per heavy atom. The summed E-state index contributed by atoms with van der Waals surface area (Å²) in [5, 5.41) is 9.59. The van der Waals surface area contributed by atoms with Gasteiger partial charge in [0.15, 0.2) is 0 Å². The molecule has 0 aliphatic rings. The summed E-state index contributed by atoms with van der Waals surface area (Å²) in [7, 11) is 0. The van der Waals surface area contributed by atoms with Gasteiger partial charge in [-0.15, -0.1) is 0 Å². The molecule has 1 atom stereocenters. The SMILES string of the molecule is Cc1ccc(Oc2ncccc2C(C)O)cn1. The second-order valence-corrected chi connectivity index (χ2v) is 3.81. The highest BCUT2D eigenvalue weighted by atomic mass is 16.5. The Labute approximate surface area is 99.9 Å². The van der Waals surface area contributed by atoms with Crippen LogP contribution in [0.15, 0.2) is 36.7 Å². The van der Waals surface area contributed by atoms with Crippen molar-refractivity contribution in [2.45, 2.75) is 20.0 Å². The van der Waals surface area contributed by atoms with E-state index in [1.165, 1.54) is 0 Å². The Balaban J connectivity index is 2.26. The summed E-state index contributed by atoms with van der Waals surface area (Å²) in [5.74, 6) is 1.02. The van der Waals surface area contributed by atoms with Gasteiger partial charge >= 0.3 is 0 Å². The molecule has 0 aromatic carbocycles. The summed E-state index contributed by atoms with van der Waals surface area (Å²) in [4.78, 5) is 8.24. The lowest BCUT2D eigenvalue weighted by Crippen LogP contribution is -1.98. The van der Waals surface area contributed by atoms with E-state index in [0.717, 1.165) is 5.69 Å². The van der Waals surface area contributed by atoms with E-state index in [1.54, 1.807) is 31.5 Å². The van der Waals surface area contributed by atoms with E-state index in [0.29, 0.717) is 17.2 Å². The number of hydrogen-bond donors (Lipinski definition) is 1. The number of nitrogens with zero attached hydrogens (tertiary/aromatic N) is 2. The quantitative estimate of drug-likeness (QED) is 0.880. The minimum absolute atomic E-state index is 0.410. The summed E-state index contributed by atoms with van der Waals surface area (Å²) in [5.41, 5.74) is 1.59. The van der Waals surface area contributed by atoms with Gasteiger partial charge in [-0.25, -0.2) is 4.98 Å². The van der Waals surface area contributed by atoms with E-state index in [-0.39, 0.29) is 0 Å². The number of aliphatic hydroxyl groups excluding tert-OH is 1. The number of aliphatic hydroxyl groups is 1. The third kappa shape index (κ3) is 2.79. The van der Waals surface area contributed by atoms with Gasteiger partial charge in [-0.1, -0.05) is 0 Å². The number of rotatable bonds is 3. The summed E-state index contributed by atoms with van der Waals surface area (Å²) in [6.45, 7) is 3.59. The van der Waals surface area contributed by atoms with Crippen LogP contribution in [0.2, 0.25) is 0 Å². The first kappa shape index (κ1) is 11.5. The summed E-state index contributed by atoms with van der Waals surface area (Å²) >= 11 is 0. The van der Waals surface area contributed by atoms with Crippen LogP contribution in [0.1, 0.15) is 24.3 Å². The van der Waals surface area contributed by atoms with E-state index in [1.807, 2.05) is 19.1 Å². The highest BCUT2D eigenvalue weighted by molar-refractivity contribution is 5.32. The van der Waals surface area contributed by atoms with Gasteiger partial charge in [-0.05, 0) is 38.1 Å². The molecule has 0 spiro atoms. The Hall–Kier alpha value is -1.94. The summed E-state index contributed by atoms with van der Waals surface area (Å²) in [6, 6.07) is 7.24.